The summed E-state index contributed by atoms with van der Waals surface area (Å²) in [4.78, 5) is 4.11. The first-order chi connectivity index (χ1) is 9.66. The van der Waals surface area contributed by atoms with Crippen molar-refractivity contribution in [2.45, 2.75) is 6.10 Å². The van der Waals surface area contributed by atoms with E-state index in [0.29, 0.717) is 5.02 Å². The van der Waals surface area contributed by atoms with Crippen molar-refractivity contribution in [2.75, 3.05) is 0 Å². The van der Waals surface area contributed by atoms with Crippen LogP contribution in [0.15, 0.2) is 54.9 Å². The lowest BCUT2D eigenvalue weighted by molar-refractivity contribution is 0.222. The van der Waals surface area contributed by atoms with Gasteiger partial charge in [0.25, 0.3) is 0 Å². The third kappa shape index (κ3) is 2.53. The molecule has 1 heterocycles. The van der Waals surface area contributed by atoms with Crippen molar-refractivity contribution in [3.8, 4) is 0 Å². The summed E-state index contributed by atoms with van der Waals surface area (Å²) < 4.78 is 0.974. The van der Waals surface area contributed by atoms with Gasteiger partial charge in [-0.2, -0.15) is 0 Å². The first kappa shape index (κ1) is 13.8. The van der Waals surface area contributed by atoms with E-state index in [4.69, 9.17) is 11.6 Å². The Labute approximate surface area is 135 Å². The van der Waals surface area contributed by atoms with Crippen LogP contribution in [0.1, 0.15) is 17.2 Å². The molecule has 0 saturated heterocycles. The van der Waals surface area contributed by atoms with E-state index in [-0.39, 0.29) is 0 Å². The van der Waals surface area contributed by atoms with Gasteiger partial charge in [0.2, 0.25) is 0 Å². The summed E-state index contributed by atoms with van der Waals surface area (Å²) in [5.41, 5.74) is 1.65. The van der Waals surface area contributed by atoms with Gasteiger partial charge in [-0.05, 0) is 57.3 Å². The molecule has 0 aliphatic carbocycles. The van der Waals surface area contributed by atoms with E-state index < -0.39 is 6.10 Å². The number of fused-ring (bicyclic) bond motifs is 1. The third-order valence-electron chi connectivity index (χ3n) is 3.27. The average Bonchev–Trinajstić information content (AvgIpc) is 2.49. The van der Waals surface area contributed by atoms with Crippen LogP contribution in [-0.4, -0.2) is 10.1 Å². The van der Waals surface area contributed by atoms with E-state index in [1.54, 1.807) is 12.4 Å². The van der Waals surface area contributed by atoms with E-state index in [1.165, 1.54) is 0 Å². The van der Waals surface area contributed by atoms with Crippen molar-refractivity contribution in [2.24, 2.45) is 0 Å². The number of rotatable bonds is 2. The molecular weight excluding hydrogens is 385 g/mol. The van der Waals surface area contributed by atoms with Gasteiger partial charge in [-0.15, -0.1) is 0 Å². The zero-order valence-corrected chi connectivity index (χ0v) is 13.3. The lowest BCUT2D eigenvalue weighted by Crippen LogP contribution is -2.01. The molecule has 2 nitrogen and oxygen atoms in total. The summed E-state index contributed by atoms with van der Waals surface area (Å²) in [6, 6.07) is 13.4. The minimum atomic E-state index is -0.699. The minimum Gasteiger partial charge on any atom is -0.384 e. The Bertz CT molecular complexity index is 770. The predicted molar refractivity (Wildman–Crippen MR) is 90.0 cm³/mol. The quantitative estimate of drug-likeness (QED) is 0.645. The van der Waals surface area contributed by atoms with Crippen LogP contribution in [0.25, 0.3) is 10.8 Å². The molecule has 3 rings (SSSR count). The van der Waals surface area contributed by atoms with Crippen LogP contribution in [0.4, 0.5) is 0 Å². The maximum Gasteiger partial charge on any atom is 0.105 e. The van der Waals surface area contributed by atoms with Crippen LogP contribution >= 0.6 is 34.2 Å². The Morgan fingerprint density at radius 2 is 2.00 bits per heavy atom. The van der Waals surface area contributed by atoms with Gasteiger partial charge in [0.15, 0.2) is 0 Å². The van der Waals surface area contributed by atoms with Gasteiger partial charge < -0.3 is 5.11 Å². The summed E-state index contributed by atoms with van der Waals surface area (Å²) in [6.45, 7) is 0. The van der Waals surface area contributed by atoms with E-state index in [9.17, 15) is 5.11 Å². The number of aliphatic hydroxyl groups is 1. The number of benzene rings is 2. The molecule has 3 aromatic rings. The number of hydrogen-bond donors (Lipinski definition) is 1. The molecule has 0 radical (unpaired) electrons. The van der Waals surface area contributed by atoms with Crippen LogP contribution in [0.5, 0.6) is 0 Å². The number of halogens is 2. The summed E-state index contributed by atoms with van der Waals surface area (Å²) in [6.07, 6.45) is 2.84. The topological polar surface area (TPSA) is 33.1 Å². The molecule has 0 aliphatic rings. The second-order valence-electron chi connectivity index (χ2n) is 4.52. The van der Waals surface area contributed by atoms with Gasteiger partial charge >= 0.3 is 0 Å². The monoisotopic (exact) mass is 395 g/mol. The largest absolute Gasteiger partial charge is 0.384 e. The molecule has 4 heteroatoms. The van der Waals surface area contributed by atoms with E-state index in [0.717, 1.165) is 25.5 Å². The number of pyridine rings is 1. The van der Waals surface area contributed by atoms with Crippen molar-refractivity contribution < 1.29 is 5.11 Å². The molecule has 1 atom stereocenters. The molecular formula is C16H11ClINO. The first-order valence-corrected chi connectivity index (χ1v) is 7.58. The second kappa shape index (κ2) is 5.68. The zero-order chi connectivity index (χ0) is 14.1. The van der Waals surface area contributed by atoms with Crippen molar-refractivity contribution in [1.82, 2.24) is 4.98 Å². The Kier molecular flexibility index (Phi) is 3.92. The molecule has 0 spiro atoms. The zero-order valence-electron chi connectivity index (χ0n) is 10.4. The molecule has 1 unspecified atom stereocenters. The van der Waals surface area contributed by atoms with E-state index in [1.807, 2.05) is 42.5 Å². The standard InChI is InChI=1S/C16H11ClINO/c17-14-8-10(4-5-15(14)18)16(20)13-3-1-2-11-9-19-7-6-12(11)13/h1-9,16,20H. The molecule has 20 heavy (non-hydrogen) atoms. The van der Waals surface area contributed by atoms with Crippen molar-refractivity contribution in [1.29, 1.82) is 0 Å². The van der Waals surface area contributed by atoms with Gasteiger partial charge in [-0.3, -0.25) is 4.98 Å². The molecule has 0 saturated carbocycles. The van der Waals surface area contributed by atoms with E-state index >= 15 is 0 Å². The molecule has 0 aliphatic heterocycles. The Hall–Kier alpha value is -1.17. The van der Waals surface area contributed by atoms with Crippen LogP contribution in [0.3, 0.4) is 0 Å². The SMILES string of the molecule is OC(c1ccc(I)c(Cl)c1)c1cccc2cnccc12. The molecule has 1 aromatic heterocycles. The first-order valence-electron chi connectivity index (χ1n) is 6.12. The number of hydrogen-bond acceptors (Lipinski definition) is 2. The fraction of sp³-hybridized carbons (Fsp3) is 0.0625. The van der Waals surface area contributed by atoms with E-state index in [2.05, 4.69) is 27.6 Å². The molecule has 100 valence electrons. The van der Waals surface area contributed by atoms with Crippen molar-refractivity contribution in [3.63, 3.8) is 0 Å². The summed E-state index contributed by atoms with van der Waals surface area (Å²) in [7, 11) is 0. The Morgan fingerprint density at radius 1 is 1.15 bits per heavy atom. The highest BCUT2D eigenvalue weighted by atomic mass is 127. The highest BCUT2D eigenvalue weighted by Crippen LogP contribution is 2.30. The lowest BCUT2D eigenvalue weighted by Gasteiger charge is -2.14. The Morgan fingerprint density at radius 3 is 2.80 bits per heavy atom. The maximum atomic E-state index is 10.6. The second-order valence-corrected chi connectivity index (χ2v) is 6.09. The summed E-state index contributed by atoms with van der Waals surface area (Å²) >= 11 is 8.31. The Balaban J connectivity index is 2.12. The predicted octanol–water partition coefficient (Wildman–Crippen LogP) is 4.57. The summed E-state index contributed by atoms with van der Waals surface area (Å²) in [5.74, 6) is 0. The van der Waals surface area contributed by atoms with Crippen LogP contribution < -0.4 is 0 Å². The molecule has 2 aromatic carbocycles. The van der Waals surface area contributed by atoms with Gasteiger partial charge in [0.1, 0.15) is 6.10 Å². The molecule has 1 N–H and O–H groups in total. The summed E-state index contributed by atoms with van der Waals surface area (Å²) in [5, 5.41) is 13.3. The smallest absolute Gasteiger partial charge is 0.105 e. The highest BCUT2D eigenvalue weighted by molar-refractivity contribution is 14.1. The molecule has 0 bridgehead atoms. The normalized spacial score (nSPS) is 12.6. The average molecular weight is 396 g/mol. The molecule has 0 fully saturated rings. The van der Waals surface area contributed by atoms with Gasteiger partial charge in [-0.25, -0.2) is 0 Å². The van der Waals surface area contributed by atoms with Crippen molar-refractivity contribution >= 4 is 45.0 Å². The van der Waals surface area contributed by atoms with Crippen LogP contribution in [0.2, 0.25) is 5.02 Å². The fourth-order valence-corrected chi connectivity index (χ4v) is 2.77. The van der Waals surface area contributed by atoms with Crippen LogP contribution in [0, 0.1) is 3.57 Å². The number of nitrogens with zero attached hydrogens (tertiary/aromatic N) is 1. The van der Waals surface area contributed by atoms with Gasteiger partial charge in [-0.1, -0.05) is 35.9 Å². The lowest BCUT2D eigenvalue weighted by atomic mass is 9.97. The number of aromatic nitrogens is 1. The van der Waals surface area contributed by atoms with Gasteiger partial charge in [0.05, 0.1) is 5.02 Å². The fourth-order valence-electron chi connectivity index (χ4n) is 2.25. The van der Waals surface area contributed by atoms with Gasteiger partial charge in [0, 0.05) is 21.4 Å². The number of aliphatic hydroxyl groups excluding tert-OH is 1. The highest BCUT2D eigenvalue weighted by Gasteiger charge is 2.14. The maximum absolute atomic E-state index is 10.6. The third-order valence-corrected chi connectivity index (χ3v) is 4.84. The molecule has 0 amide bonds. The van der Waals surface area contributed by atoms with Crippen molar-refractivity contribution in [3.05, 3.63) is 74.6 Å². The van der Waals surface area contributed by atoms with Crippen LogP contribution in [-0.2, 0) is 0 Å². The minimum absolute atomic E-state index is 0.657.